The summed E-state index contributed by atoms with van der Waals surface area (Å²) in [6, 6.07) is 5.20. The van der Waals surface area contributed by atoms with Gasteiger partial charge in [0, 0.05) is 25.4 Å². The van der Waals surface area contributed by atoms with Gasteiger partial charge < -0.3 is 9.85 Å². The van der Waals surface area contributed by atoms with Crippen molar-refractivity contribution < 1.29 is 19.0 Å². The highest BCUT2D eigenvalue weighted by Gasteiger charge is 2.37. The molecular formula is C18H28N4O4Si. The number of nitrogens with zero attached hydrogens (tertiary/aromatic N) is 2. The van der Waals surface area contributed by atoms with Crippen LogP contribution in [0.5, 0.6) is 0 Å². The molecule has 27 heavy (non-hydrogen) atoms. The third-order valence-electron chi connectivity index (χ3n) is 4.40. The predicted octanol–water partition coefficient (Wildman–Crippen LogP) is 3.27. The van der Waals surface area contributed by atoms with Crippen molar-refractivity contribution in [1.82, 2.24) is 10.4 Å². The van der Waals surface area contributed by atoms with Crippen LogP contribution >= 0.6 is 0 Å². The summed E-state index contributed by atoms with van der Waals surface area (Å²) in [4.78, 5) is 25.2. The first-order chi connectivity index (χ1) is 12.6. The zero-order valence-electron chi connectivity index (χ0n) is 16.8. The summed E-state index contributed by atoms with van der Waals surface area (Å²) in [7, 11) is -0.638. The second-order valence-electron chi connectivity index (χ2n) is 7.38. The monoisotopic (exact) mass is 392 g/mol. The van der Waals surface area contributed by atoms with E-state index in [2.05, 4.69) is 59.5 Å². The first-order valence-corrected chi connectivity index (χ1v) is 11.5. The standard InChI is InChI=1S/C18H28N4O4Si/c1-18(2,3)27(5,6)25-10-8-15(17(23)26-24-4)13-21-22-16-11-14(12-19)7-9-20-16/h7,9,11,13,21H,8,10H2,1-6H3,(H,20,22). The Bertz CT molecular complexity index is 708. The molecule has 0 amide bonds. The Morgan fingerprint density at radius 1 is 1.41 bits per heavy atom. The average molecular weight is 393 g/mol. The number of aromatic nitrogens is 1. The minimum Gasteiger partial charge on any atom is -0.416 e. The molecule has 2 N–H and O–H groups in total. The number of hydrogen-bond donors (Lipinski definition) is 2. The highest BCUT2D eigenvalue weighted by atomic mass is 28.4. The predicted molar refractivity (Wildman–Crippen MR) is 105 cm³/mol. The Hall–Kier alpha value is -2.41. The second-order valence-corrected chi connectivity index (χ2v) is 12.2. The lowest BCUT2D eigenvalue weighted by atomic mass is 10.2. The van der Waals surface area contributed by atoms with Crippen molar-refractivity contribution in [2.24, 2.45) is 0 Å². The zero-order chi connectivity index (χ0) is 20.5. The Morgan fingerprint density at radius 2 is 2.11 bits per heavy atom. The number of hydrazine groups is 1. The maximum atomic E-state index is 12.1. The van der Waals surface area contributed by atoms with Crippen molar-refractivity contribution in [2.75, 3.05) is 19.1 Å². The van der Waals surface area contributed by atoms with Crippen LogP contribution in [0.15, 0.2) is 30.1 Å². The van der Waals surface area contributed by atoms with Crippen LogP contribution in [0, 0.1) is 11.3 Å². The Labute approximate surface area is 161 Å². The maximum absolute atomic E-state index is 12.1. The number of pyridine rings is 1. The van der Waals surface area contributed by atoms with Gasteiger partial charge in [-0.2, -0.15) is 10.1 Å². The summed E-state index contributed by atoms with van der Waals surface area (Å²) in [6.07, 6.45) is 3.34. The van der Waals surface area contributed by atoms with Gasteiger partial charge in [-0.05, 0) is 30.3 Å². The molecule has 0 saturated carbocycles. The molecule has 0 aliphatic carbocycles. The third-order valence-corrected chi connectivity index (χ3v) is 8.94. The van der Waals surface area contributed by atoms with Gasteiger partial charge in [-0.15, -0.1) is 0 Å². The lowest BCUT2D eigenvalue weighted by Crippen LogP contribution is -2.41. The molecule has 9 heteroatoms. The van der Waals surface area contributed by atoms with E-state index in [1.165, 1.54) is 19.5 Å². The first kappa shape index (κ1) is 22.6. The van der Waals surface area contributed by atoms with Gasteiger partial charge in [0.2, 0.25) is 0 Å². The molecule has 8 nitrogen and oxygen atoms in total. The Morgan fingerprint density at radius 3 is 2.70 bits per heavy atom. The van der Waals surface area contributed by atoms with Gasteiger partial charge in [0.15, 0.2) is 8.32 Å². The summed E-state index contributed by atoms with van der Waals surface area (Å²) in [5.74, 6) is -0.161. The van der Waals surface area contributed by atoms with Crippen molar-refractivity contribution in [3.8, 4) is 6.07 Å². The minimum atomic E-state index is -1.91. The van der Waals surface area contributed by atoms with E-state index in [1.54, 1.807) is 12.1 Å². The largest absolute Gasteiger partial charge is 0.416 e. The Kier molecular flexibility index (Phi) is 8.43. The van der Waals surface area contributed by atoms with E-state index in [0.29, 0.717) is 30.0 Å². The van der Waals surface area contributed by atoms with Crippen molar-refractivity contribution >= 4 is 20.1 Å². The van der Waals surface area contributed by atoms with E-state index in [0.717, 1.165) is 0 Å². The molecule has 0 radical (unpaired) electrons. The van der Waals surface area contributed by atoms with Gasteiger partial charge in [-0.3, -0.25) is 10.3 Å². The molecule has 1 aromatic heterocycles. The van der Waals surface area contributed by atoms with E-state index in [1.807, 2.05) is 6.07 Å². The number of nitrogens with one attached hydrogen (secondary N) is 2. The van der Waals surface area contributed by atoms with E-state index in [9.17, 15) is 4.79 Å². The summed E-state index contributed by atoms with van der Waals surface area (Å²) >= 11 is 0. The van der Waals surface area contributed by atoms with Crippen LogP contribution in [0.25, 0.3) is 0 Å². The van der Waals surface area contributed by atoms with Crippen LogP contribution in [0.3, 0.4) is 0 Å². The van der Waals surface area contributed by atoms with Gasteiger partial charge in [0.1, 0.15) is 5.82 Å². The molecule has 0 atom stereocenters. The summed E-state index contributed by atoms with van der Waals surface area (Å²) < 4.78 is 6.10. The van der Waals surface area contributed by atoms with Crippen LogP contribution in [0.4, 0.5) is 5.82 Å². The van der Waals surface area contributed by atoms with Crippen molar-refractivity contribution in [1.29, 1.82) is 5.26 Å². The number of hydrogen-bond acceptors (Lipinski definition) is 8. The van der Waals surface area contributed by atoms with Crippen LogP contribution < -0.4 is 10.9 Å². The maximum Gasteiger partial charge on any atom is 0.370 e. The lowest BCUT2D eigenvalue weighted by Gasteiger charge is -2.36. The van der Waals surface area contributed by atoms with E-state index >= 15 is 0 Å². The number of rotatable bonds is 9. The molecule has 0 bridgehead atoms. The highest BCUT2D eigenvalue weighted by molar-refractivity contribution is 6.74. The van der Waals surface area contributed by atoms with Crippen molar-refractivity contribution in [3.63, 3.8) is 0 Å². The molecule has 0 aliphatic rings. The van der Waals surface area contributed by atoms with Gasteiger partial charge in [-0.1, -0.05) is 20.8 Å². The molecule has 1 aromatic rings. The summed E-state index contributed by atoms with van der Waals surface area (Å²) in [5, 5.41) is 8.99. The molecular weight excluding hydrogens is 364 g/mol. The zero-order valence-corrected chi connectivity index (χ0v) is 17.8. The topological polar surface area (TPSA) is 106 Å². The molecule has 0 spiro atoms. The van der Waals surface area contributed by atoms with E-state index in [-0.39, 0.29) is 5.04 Å². The molecule has 148 valence electrons. The quantitative estimate of drug-likeness (QED) is 0.285. The van der Waals surface area contributed by atoms with Crippen LogP contribution in [0.2, 0.25) is 18.1 Å². The minimum absolute atomic E-state index is 0.0845. The molecule has 0 saturated heterocycles. The number of carbonyl (C=O) groups excluding carboxylic acids is 1. The molecule has 1 rings (SSSR count). The number of anilines is 1. The molecule has 0 aliphatic heterocycles. The average Bonchev–Trinajstić information content (AvgIpc) is 2.59. The van der Waals surface area contributed by atoms with Crippen molar-refractivity contribution in [2.45, 2.75) is 45.3 Å². The van der Waals surface area contributed by atoms with Crippen LogP contribution in [-0.2, 0) is 19.0 Å². The third kappa shape index (κ3) is 7.38. The van der Waals surface area contributed by atoms with E-state index < -0.39 is 14.3 Å². The summed E-state index contributed by atoms with van der Waals surface area (Å²) in [5.41, 5.74) is 6.41. The molecule has 0 fully saturated rings. The number of carbonyl (C=O) groups is 1. The first-order valence-electron chi connectivity index (χ1n) is 8.56. The molecule has 0 unspecified atom stereocenters. The highest BCUT2D eigenvalue weighted by Crippen LogP contribution is 2.36. The fourth-order valence-electron chi connectivity index (χ4n) is 1.76. The second kappa shape index (κ2) is 10.1. The van der Waals surface area contributed by atoms with Gasteiger partial charge in [0.05, 0.1) is 24.3 Å². The van der Waals surface area contributed by atoms with Crippen LogP contribution in [-0.4, -0.2) is 33.0 Å². The summed E-state index contributed by atoms with van der Waals surface area (Å²) in [6.45, 7) is 11.2. The van der Waals surface area contributed by atoms with Crippen molar-refractivity contribution in [3.05, 3.63) is 35.7 Å². The smallest absolute Gasteiger partial charge is 0.370 e. The Balaban J connectivity index is 2.72. The fourth-order valence-corrected chi connectivity index (χ4v) is 2.81. The fraction of sp³-hybridized carbons (Fsp3) is 0.500. The SMILES string of the molecule is COOC(=O)C(=CNNc1cc(C#N)ccn1)CCO[Si](C)(C)C(C)(C)C. The van der Waals surface area contributed by atoms with Gasteiger partial charge >= 0.3 is 5.97 Å². The molecule has 0 aromatic carbocycles. The normalized spacial score (nSPS) is 12.3. The van der Waals surface area contributed by atoms with Gasteiger partial charge in [0.25, 0.3) is 0 Å². The lowest BCUT2D eigenvalue weighted by molar-refractivity contribution is -0.250. The number of nitriles is 1. The van der Waals surface area contributed by atoms with E-state index in [4.69, 9.17) is 9.69 Å². The van der Waals surface area contributed by atoms with Crippen LogP contribution in [0.1, 0.15) is 32.8 Å². The molecule has 1 heterocycles. The van der Waals surface area contributed by atoms with Gasteiger partial charge in [-0.25, -0.2) is 9.78 Å².